The van der Waals surface area contributed by atoms with E-state index >= 15 is 0 Å². The summed E-state index contributed by atoms with van der Waals surface area (Å²) in [5.74, 6) is -0.0771. The van der Waals surface area contributed by atoms with Gasteiger partial charge >= 0.3 is 0 Å². The number of carbonyl (C=O) groups is 1. The topological polar surface area (TPSA) is 51.2 Å². The number of Topliss-reactive ketones (excluding diaryl/α,β-unsaturated/α-hetero) is 1. The summed E-state index contributed by atoms with van der Waals surface area (Å²) in [4.78, 5) is 10.7. The zero-order chi connectivity index (χ0) is 9.94. The Morgan fingerprint density at radius 3 is 1.92 bits per heavy atom. The van der Waals surface area contributed by atoms with Gasteiger partial charge in [0.25, 0.3) is 0 Å². The van der Waals surface area contributed by atoms with Crippen LogP contribution in [0.4, 0.5) is 0 Å². The van der Waals surface area contributed by atoms with E-state index in [0.29, 0.717) is 0 Å². The maximum absolute atomic E-state index is 11.4. The molecule has 0 aromatic heterocycles. The summed E-state index contributed by atoms with van der Waals surface area (Å²) >= 11 is 0. The van der Waals surface area contributed by atoms with Gasteiger partial charge in [-0.3, -0.25) is 4.79 Å². The minimum absolute atomic E-state index is 0.0771. The largest absolute Gasteiger partial charge is 0.300 e. The predicted octanol–water partition coefficient (Wildman–Crippen LogP) is 1.18. The summed E-state index contributed by atoms with van der Waals surface area (Å²) in [6, 6.07) is 0. The second-order valence-electron chi connectivity index (χ2n) is 3.35. The van der Waals surface area contributed by atoms with Gasteiger partial charge in [0, 0.05) is 6.42 Å². The highest BCUT2D eigenvalue weighted by Gasteiger charge is 2.25. The van der Waals surface area contributed by atoms with E-state index in [0.717, 1.165) is 0 Å². The Kier molecular flexibility index (Phi) is 3.90. The van der Waals surface area contributed by atoms with Crippen LogP contribution in [0.1, 0.15) is 34.1 Å². The first-order valence-electron chi connectivity index (χ1n) is 4.00. The van der Waals surface area contributed by atoms with E-state index in [4.69, 9.17) is 0 Å². The Morgan fingerprint density at radius 1 is 1.25 bits per heavy atom. The highest BCUT2D eigenvalue weighted by atomic mass is 32.2. The summed E-state index contributed by atoms with van der Waals surface area (Å²) in [7, 11) is -3.09. The number of hydrogen-bond acceptors (Lipinski definition) is 3. The quantitative estimate of drug-likeness (QED) is 0.672. The summed E-state index contributed by atoms with van der Waals surface area (Å²) < 4.78 is 22.8. The van der Waals surface area contributed by atoms with Crippen LogP contribution in [0.3, 0.4) is 0 Å². The number of carbonyl (C=O) groups excluding carboxylic acids is 1. The molecule has 0 N–H and O–H groups in total. The van der Waals surface area contributed by atoms with Gasteiger partial charge in [-0.15, -0.1) is 0 Å². The highest BCUT2D eigenvalue weighted by Crippen LogP contribution is 2.12. The Balaban J connectivity index is 4.48. The molecule has 1 atom stereocenters. The van der Waals surface area contributed by atoms with Gasteiger partial charge < -0.3 is 0 Å². The molecule has 0 heterocycles. The molecule has 0 aliphatic rings. The minimum atomic E-state index is -3.09. The molecule has 72 valence electrons. The monoisotopic (exact) mass is 192 g/mol. The molecule has 0 radical (unpaired) electrons. The van der Waals surface area contributed by atoms with Crippen LogP contribution in [0.2, 0.25) is 0 Å². The van der Waals surface area contributed by atoms with Crippen LogP contribution in [0.5, 0.6) is 0 Å². The van der Waals surface area contributed by atoms with E-state index in [1.807, 2.05) is 0 Å². The number of ketones is 1. The molecule has 0 aliphatic heterocycles. The maximum Gasteiger partial charge on any atom is 0.155 e. The van der Waals surface area contributed by atoms with E-state index in [1.54, 1.807) is 20.8 Å². The van der Waals surface area contributed by atoms with Crippen molar-refractivity contribution in [3.8, 4) is 0 Å². The summed E-state index contributed by atoms with van der Waals surface area (Å²) in [6.45, 7) is 6.25. The molecule has 0 aromatic rings. The third-order valence-corrected chi connectivity index (χ3v) is 4.40. The van der Waals surface area contributed by atoms with Crippen molar-refractivity contribution in [1.82, 2.24) is 0 Å². The normalized spacial score (nSPS) is 14.8. The number of rotatable bonds is 4. The highest BCUT2D eigenvalue weighted by molar-refractivity contribution is 7.92. The van der Waals surface area contributed by atoms with Gasteiger partial charge in [0.05, 0.1) is 10.5 Å². The zero-order valence-corrected chi connectivity index (χ0v) is 8.81. The van der Waals surface area contributed by atoms with E-state index in [9.17, 15) is 13.2 Å². The first kappa shape index (κ1) is 11.6. The van der Waals surface area contributed by atoms with Crippen LogP contribution in [0, 0.1) is 0 Å². The van der Waals surface area contributed by atoms with Crippen LogP contribution >= 0.6 is 0 Å². The van der Waals surface area contributed by atoms with Crippen molar-refractivity contribution < 1.29 is 13.2 Å². The second kappa shape index (κ2) is 4.03. The van der Waals surface area contributed by atoms with Gasteiger partial charge in [0.15, 0.2) is 9.84 Å². The lowest BCUT2D eigenvalue weighted by Crippen LogP contribution is -2.27. The number of sulfone groups is 1. The van der Waals surface area contributed by atoms with Crippen molar-refractivity contribution in [3.63, 3.8) is 0 Å². The number of hydrogen-bond donors (Lipinski definition) is 0. The Morgan fingerprint density at radius 2 is 1.67 bits per heavy atom. The molecule has 12 heavy (non-hydrogen) atoms. The Bertz CT molecular complexity index is 251. The molecule has 3 nitrogen and oxygen atoms in total. The van der Waals surface area contributed by atoms with Gasteiger partial charge in [0.2, 0.25) is 0 Å². The van der Waals surface area contributed by atoms with Crippen molar-refractivity contribution in [2.45, 2.75) is 44.6 Å². The summed E-state index contributed by atoms with van der Waals surface area (Å²) in [5.41, 5.74) is 0. The van der Waals surface area contributed by atoms with Crippen molar-refractivity contribution >= 4 is 15.6 Å². The molecule has 0 aromatic carbocycles. The zero-order valence-electron chi connectivity index (χ0n) is 7.99. The molecule has 0 spiro atoms. The van der Waals surface area contributed by atoms with Gasteiger partial charge in [-0.05, 0) is 27.7 Å². The molecule has 0 amide bonds. The molecule has 1 unspecified atom stereocenters. The molecule has 4 heteroatoms. The van der Waals surface area contributed by atoms with E-state index < -0.39 is 20.3 Å². The van der Waals surface area contributed by atoms with E-state index in [1.165, 1.54) is 6.92 Å². The van der Waals surface area contributed by atoms with Gasteiger partial charge in [-0.25, -0.2) is 8.42 Å². The van der Waals surface area contributed by atoms with Crippen LogP contribution in [0.25, 0.3) is 0 Å². The standard InChI is InChI=1S/C8H16O3S/c1-6(2)12(10,11)8(4)5-7(3)9/h6,8H,5H2,1-4H3. The first-order valence-corrected chi connectivity index (χ1v) is 5.61. The molecular weight excluding hydrogens is 176 g/mol. The van der Waals surface area contributed by atoms with Crippen molar-refractivity contribution in [1.29, 1.82) is 0 Å². The second-order valence-corrected chi connectivity index (χ2v) is 6.28. The van der Waals surface area contributed by atoms with Crippen LogP contribution in [-0.4, -0.2) is 24.7 Å². The lowest BCUT2D eigenvalue weighted by molar-refractivity contribution is -0.116. The van der Waals surface area contributed by atoms with Gasteiger partial charge in [0.1, 0.15) is 5.78 Å². The van der Waals surface area contributed by atoms with Crippen molar-refractivity contribution in [2.75, 3.05) is 0 Å². The molecule has 0 saturated carbocycles. The first-order chi connectivity index (χ1) is 5.28. The van der Waals surface area contributed by atoms with Crippen LogP contribution in [0.15, 0.2) is 0 Å². The van der Waals surface area contributed by atoms with Crippen LogP contribution in [-0.2, 0) is 14.6 Å². The smallest absolute Gasteiger partial charge is 0.155 e. The SMILES string of the molecule is CC(=O)CC(C)S(=O)(=O)C(C)C. The molecule has 0 fully saturated rings. The predicted molar refractivity (Wildman–Crippen MR) is 48.8 cm³/mol. The fourth-order valence-electron chi connectivity index (χ4n) is 0.986. The Labute approximate surface area is 74.1 Å². The average Bonchev–Trinajstić information content (AvgIpc) is 1.85. The summed E-state index contributed by atoms with van der Waals surface area (Å²) in [5, 5.41) is -0.943. The lowest BCUT2D eigenvalue weighted by Gasteiger charge is -2.13. The molecule has 0 rings (SSSR count). The minimum Gasteiger partial charge on any atom is -0.300 e. The van der Waals surface area contributed by atoms with Crippen molar-refractivity contribution in [3.05, 3.63) is 0 Å². The lowest BCUT2D eigenvalue weighted by atomic mass is 10.2. The maximum atomic E-state index is 11.4. The van der Waals surface area contributed by atoms with E-state index in [-0.39, 0.29) is 12.2 Å². The van der Waals surface area contributed by atoms with Gasteiger partial charge in [-0.1, -0.05) is 0 Å². The molecule has 0 aliphatic carbocycles. The molecule has 0 bridgehead atoms. The summed E-state index contributed by atoms with van der Waals surface area (Å²) in [6.07, 6.45) is 0.126. The van der Waals surface area contributed by atoms with Crippen LogP contribution < -0.4 is 0 Å². The third-order valence-electron chi connectivity index (χ3n) is 1.79. The van der Waals surface area contributed by atoms with Gasteiger partial charge in [-0.2, -0.15) is 0 Å². The molecule has 0 saturated heterocycles. The Hall–Kier alpha value is -0.380. The fourth-order valence-corrected chi connectivity index (χ4v) is 2.38. The average molecular weight is 192 g/mol. The van der Waals surface area contributed by atoms with E-state index in [2.05, 4.69) is 0 Å². The fraction of sp³-hybridized carbons (Fsp3) is 0.875. The van der Waals surface area contributed by atoms with Crippen molar-refractivity contribution in [2.24, 2.45) is 0 Å². The third kappa shape index (κ3) is 2.93. The molecular formula is C8H16O3S.